The molecule has 0 spiro atoms. The zero-order valence-corrected chi connectivity index (χ0v) is 11.7. The minimum Gasteiger partial charge on any atom is -0.481 e. The van der Waals surface area contributed by atoms with Crippen molar-refractivity contribution in [3.8, 4) is 0 Å². The first-order chi connectivity index (χ1) is 9.15. The summed E-state index contributed by atoms with van der Waals surface area (Å²) in [5.41, 5.74) is 1.24. The SMILES string of the molecule is COCCN(CCCC(=O)O)C(C)c1ccccc1. The number of hydrogen-bond acceptors (Lipinski definition) is 3. The van der Waals surface area contributed by atoms with Crippen LogP contribution in [0.3, 0.4) is 0 Å². The molecule has 0 saturated carbocycles. The molecule has 1 rings (SSSR count). The fourth-order valence-electron chi connectivity index (χ4n) is 2.08. The van der Waals surface area contributed by atoms with Gasteiger partial charge in [0.05, 0.1) is 6.61 Å². The van der Waals surface area contributed by atoms with Crippen LogP contribution in [0.4, 0.5) is 0 Å². The molecular weight excluding hydrogens is 242 g/mol. The second kappa shape index (κ2) is 8.67. The molecule has 0 aliphatic heterocycles. The van der Waals surface area contributed by atoms with E-state index in [0.717, 1.165) is 13.1 Å². The van der Waals surface area contributed by atoms with Crippen molar-refractivity contribution in [3.05, 3.63) is 35.9 Å². The minimum absolute atomic E-state index is 0.213. The van der Waals surface area contributed by atoms with E-state index in [1.165, 1.54) is 5.56 Å². The summed E-state index contributed by atoms with van der Waals surface area (Å²) in [4.78, 5) is 12.9. The van der Waals surface area contributed by atoms with E-state index in [2.05, 4.69) is 24.0 Å². The average Bonchev–Trinajstić information content (AvgIpc) is 2.42. The number of rotatable bonds is 9. The highest BCUT2D eigenvalue weighted by molar-refractivity contribution is 5.66. The zero-order chi connectivity index (χ0) is 14.1. The van der Waals surface area contributed by atoms with E-state index in [1.54, 1.807) is 7.11 Å². The van der Waals surface area contributed by atoms with E-state index in [0.29, 0.717) is 13.0 Å². The second-order valence-electron chi connectivity index (χ2n) is 4.61. The maximum atomic E-state index is 10.6. The van der Waals surface area contributed by atoms with Crippen molar-refractivity contribution >= 4 is 5.97 Å². The molecule has 4 heteroatoms. The first kappa shape index (κ1) is 15.7. The van der Waals surface area contributed by atoms with Crippen molar-refractivity contribution in [1.82, 2.24) is 4.90 Å². The Morgan fingerprint density at radius 2 is 2.00 bits per heavy atom. The molecule has 0 aromatic heterocycles. The van der Waals surface area contributed by atoms with Crippen molar-refractivity contribution in [2.75, 3.05) is 26.8 Å². The molecule has 0 aliphatic carbocycles. The number of aliphatic carboxylic acids is 1. The normalized spacial score (nSPS) is 12.6. The number of carbonyl (C=O) groups is 1. The largest absolute Gasteiger partial charge is 0.481 e. The van der Waals surface area contributed by atoms with Crippen LogP contribution in [-0.4, -0.2) is 42.8 Å². The van der Waals surface area contributed by atoms with Gasteiger partial charge in [-0.05, 0) is 25.5 Å². The fourth-order valence-corrected chi connectivity index (χ4v) is 2.08. The molecule has 1 atom stereocenters. The molecule has 1 unspecified atom stereocenters. The number of nitrogens with zero attached hydrogens (tertiary/aromatic N) is 1. The van der Waals surface area contributed by atoms with Crippen molar-refractivity contribution in [1.29, 1.82) is 0 Å². The molecule has 1 aromatic rings. The van der Waals surface area contributed by atoms with E-state index < -0.39 is 5.97 Å². The third-order valence-electron chi connectivity index (χ3n) is 3.25. The number of hydrogen-bond donors (Lipinski definition) is 1. The van der Waals surface area contributed by atoms with E-state index in [9.17, 15) is 4.79 Å². The standard InChI is InChI=1S/C15H23NO3/c1-13(14-7-4-3-5-8-14)16(11-12-19-2)10-6-9-15(17)18/h3-5,7-8,13H,6,9-12H2,1-2H3,(H,17,18). The third-order valence-corrected chi connectivity index (χ3v) is 3.25. The first-order valence-corrected chi connectivity index (χ1v) is 6.65. The summed E-state index contributed by atoms with van der Waals surface area (Å²) in [6, 6.07) is 10.5. The van der Waals surface area contributed by atoms with Gasteiger partial charge in [-0.2, -0.15) is 0 Å². The van der Waals surface area contributed by atoms with Crippen molar-refractivity contribution in [3.63, 3.8) is 0 Å². The topological polar surface area (TPSA) is 49.8 Å². The lowest BCUT2D eigenvalue weighted by Crippen LogP contribution is -2.31. The van der Waals surface area contributed by atoms with Gasteiger partial charge in [-0.3, -0.25) is 9.69 Å². The summed E-state index contributed by atoms with van der Waals surface area (Å²) < 4.78 is 5.13. The lowest BCUT2D eigenvalue weighted by atomic mass is 10.1. The maximum Gasteiger partial charge on any atom is 0.303 e. The summed E-state index contributed by atoms with van der Waals surface area (Å²) in [5.74, 6) is -0.737. The van der Waals surface area contributed by atoms with Gasteiger partial charge in [-0.25, -0.2) is 0 Å². The molecular formula is C15H23NO3. The summed E-state index contributed by atoms with van der Waals surface area (Å²) in [6.45, 7) is 4.38. The molecule has 4 nitrogen and oxygen atoms in total. The predicted molar refractivity (Wildman–Crippen MR) is 75.2 cm³/mol. The quantitative estimate of drug-likeness (QED) is 0.745. The van der Waals surface area contributed by atoms with Gasteiger partial charge in [0.1, 0.15) is 0 Å². The molecule has 0 fully saturated rings. The molecule has 1 aromatic carbocycles. The van der Waals surface area contributed by atoms with Crippen molar-refractivity contribution in [2.24, 2.45) is 0 Å². The van der Waals surface area contributed by atoms with Gasteiger partial charge in [0.15, 0.2) is 0 Å². The van der Waals surface area contributed by atoms with Crippen LogP contribution in [0.25, 0.3) is 0 Å². The molecule has 0 radical (unpaired) electrons. The van der Waals surface area contributed by atoms with Crippen molar-refractivity contribution in [2.45, 2.75) is 25.8 Å². The van der Waals surface area contributed by atoms with E-state index >= 15 is 0 Å². The summed E-state index contributed by atoms with van der Waals surface area (Å²) in [7, 11) is 1.68. The smallest absolute Gasteiger partial charge is 0.303 e. The highest BCUT2D eigenvalue weighted by atomic mass is 16.5. The Kier molecular flexibility index (Phi) is 7.15. The summed E-state index contributed by atoms with van der Waals surface area (Å²) in [6.07, 6.45) is 0.876. The highest BCUT2D eigenvalue weighted by Gasteiger charge is 2.15. The zero-order valence-electron chi connectivity index (χ0n) is 11.7. The van der Waals surface area contributed by atoms with Gasteiger partial charge in [0.2, 0.25) is 0 Å². The van der Waals surface area contributed by atoms with Crippen LogP contribution in [0.5, 0.6) is 0 Å². The molecule has 0 saturated heterocycles. The van der Waals surface area contributed by atoms with Crippen LogP contribution in [0.1, 0.15) is 31.4 Å². The number of carboxylic acids is 1. The fraction of sp³-hybridized carbons (Fsp3) is 0.533. The van der Waals surface area contributed by atoms with Crippen LogP contribution in [0.15, 0.2) is 30.3 Å². The Balaban J connectivity index is 2.59. The predicted octanol–water partition coefficient (Wildman–Crippen LogP) is 2.56. The van der Waals surface area contributed by atoms with Crippen LogP contribution in [-0.2, 0) is 9.53 Å². The van der Waals surface area contributed by atoms with E-state index in [4.69, 9.17) is 9.84 Å². The van der Waals surface area contributed by atoms with Crippen LogP contribution >= 0.6 is 0 Å². The first-order valence-electron chi connectivity index (χ1n) is 6.65. The lowest BCUT2D eigenvalue weighted by Gasteiger charge is -2.29. The van der Waals surface area contributed by atoms with Gasteiger partial charge in [-0.1, -0.05) is 30.3 Å². The van der Waals surface area contributed by atoms with E-state index in [-0.39, 0.29) is 12.5 Å². The molecule has 1 N–H and O–H groups in total. The number of methoxy groups -OCH3 is 1. The van der Waals surface area contributed by atoms with Crippen LogP contribution in [0, 0.1) is 0 Å². The summed E-state index contributed by atoms with van der Waals surface area (Å²) in [5, 5.41) is 8.71. The van der Waals surface area contributed by atoms with Gasteiger partial charge < -0.3 is 9.84 Å². The molecule has 106 valence electrons. The monoisotopic (exact) mass is 265 g/mol. The van der Waals surface area contributed by atoms with Crippen molar-refractivity contribution < 1.29 is 14.6 Å². The number of benzene rings is 1. The Morgan fingerprint density at radius 3 is 2.58 bits per heavy atom. The lowest BCUT2D eigenvalue weighted by molar-refractivity contribution is -0.137. The molecule has 0 aliphatic rings. The molecule has 0 amide bonds. The van der Waals surface area contributed by atoms with Crippen LogP contribution in [0.2, 0.25) is 0 Å². The second-order valence-corrected chi connectivity index (χ2v) is 4.61. The molecule has 0 bridgehead atoms. The van der Waals surface area contributed by atoms with E-state index in [1.807, 2.05) is 18.2 Å². The van der Waals surface area contributed by atoms with Gasteiger partial charge in [0, 0.05) is 26.1 Å². The highest BCUT2D eigenvalue weighted by Crippen LogP contribution is 2.20. The number of ether oxygens (including phenoxy) is 1. The third kappa shape index (κ3) is 5.85. The summed E-state index contributed by atoms with van der Waals surface area (Å²) >= 11 is 0. The number of carboxylic acid groups (broad SMARTS) is 1. The Bertz CT molecular complexity index is 367. The van der Waals surface area contributed by atoms with Gasteiger partial charge >= 0.3 is 5.97 Å². The maximum absolute atomic E-state index is 10.6. The van der Waals surface area contributed by atoms with Crippen LogP contribution < -0.4 is 0 Å². The van der Waals surface area contributed by atoms with Gasteiger partial charge in [-0.15, -0.1) is 0 Å². The van der Waals surface area contributed by atoms with Gasteiger partial charge in [0.25, 0.3) is 0 Å². The molecule has 19 heavy (non-hydrogen) atoms. The Morgan fingerprint density at radius 1 is 1.32 bits per heavy atom. The Labute approximate surface area is 115 Å². The molecule has 0 heterocycles. The average molecular weight is 265 g/mol. The minimum atomic E-state index is -0.737. The Hall–Kier alpha value is -1.39.